The average Bonchev–Trinajstić information content (AvgIpc) is 2.62. The molecule has 0 aliphatic heterocycles. The van der Waals surface area contributed by atoms with E-state index >= 15 is 0 Å². The second-order valence-electron chi connectivity index (χ2n) is 6.72. The third-order valence-corrected chi connectivity index (χ3v) is 5.05. The summed E-state index contributed by atoms with van der Waals surface area (Å²) >= 11 is 0. The number of amides is 1. The molecule has 0 saturated carbocycles. The molecule has 0 saturated heterocycles. The Morgan fingerprint density at radius 3 is 2.52 bits per heavy atom. The van der Waals surface area contributed by atoms with Gasteiger partial charge >= 0.3 is 0 Å². The van der Waals surface area contributed by atoms with E-state index in [-0.39, 0.29) is 5.91 Å². The Morgan fingerprint density at radius 2 is 1.88 bits per heavy atom. The van der Waals surface area contributed by atoms with E-state index in [9.17, 15) is 9.90 Å². The van der Waals surface area contributed by atoms with E-state index in [1.54, 1.807) is 31.2 Å². The molecule has 1 aliphatic carbocycles. The average molecular weight is 336 g/mol. The molecule has 2 unspecified atom stereocenters. The minimum atomic E-state index is -0.407. The molecule has 0 aromatic heterocycles. The quantitative estimate of drug-likeness (QED) is 0.727. The summed E-state index contributed by atoms with van der Waals surface area (Å²) in [7, 11) is 0. The number of fused-ring (bicyclic) bond motifs is 1. The predicted molar refractivity (Wildman–Crippen MR) is 100 cm³/mol. The van der Waals surface area contributed by atoms with Crippen molar-refractivity contribution in [1.82, 2.24) is 0 Å². The van der Waals surface area contributed by atoms with Gasteiger partial charge in [0, 0.05) is 17.0 Å². The number of rotatable bonds is 4. The molecule has 25 heavy (non-hydrogen) atoms. The first kappa shape index (κ1) is 17.4. The van der Waals surface area contributed by atoms with Crippen molar-refractivity contribution in [1.29, 1.82) is 5.41 Å². The van der Waals surface area contributed by atoms with Crippen LogP contribution in [0, 0.1) is 11.3 Å². The van der Waals surface area contributed by atoms with Gasteiger partial charge in [0.25, 0.3) is 5.91 Å². The second-order valence-corrected chi connectivity index (χ2v) is 6.72. The maximum Gasteiger partial charge on any atom is 0.255 e. The van der Waals surface area contributed by atoms with Crippen LogP contribution in [0.5, 0.6) is 0 Å². The number of nitrogens with one attached hydrogen (secondary N) is 2. The summed E-state index contributed by atoms with van der Waals surface area (Å²) in [6.45, 7) is 3.83. The monoisotopic (exact) mass is 336 g/mol. The first-order valence-corrected chi connectivity index (χ1v) is 8.77. The Labute approximate surface area is 148 Å². The van der Waals surface area contributed by atoms with Crippen LogP contribution in [-0.2, 0) is 6.42 Å². The second kappa shape index (κ2) is 7.19. The number of benzene rings is 2. The highest BCUT2D eigenvalue weighted by molar-refractivity contribution is 6.05. The van der Waals surface area contributed by atoms with Gasteiger partial charge in [-0.1, -0.05) is 31.5 Å². The summed E-state index contributed by atoms with van der Waals surface area (Å²) in [5.41, 5.74) is 4.70. The van der Waals surface area contributed by atoms with E-state index in [0.29, 0.717) is 17.2 Å². The van der Waals surface area contributed by atoms with Crippen LogP contribution in [0.1, 0.15) is 59.8 Å². The van der Waals surface area contributed by atoms with E-state index in [1.807, 2.05) is 18.2 Å². The van der Waals surface area contributed by atoms with Gasteiger partial charge in [-0.05, 0) is 66.6 Å². The minimum Gasteiger partial charge on any atom is -0.388 e. The molecular weight excluding hydrogens is 312 g/mol. The number of anilines is 1. The van der Waals surface area contributed by atoms with Gasteiger partial charge in [-0.15, -0.1) is 0 Å². The Morgan fingerprint density at radius 1 is 1.20 bits per heavy atom. The first-order valence-electron chi connectivity index (χ1n) is 8.77. The number of aliphatic hydroxyl groups is 1. The molecule has 3 rings (SSSR count). The standard InChI is InChI=1S/C21H24N2O2/c1-3-14-4-9-17-12-18(10-11-19(17)20(14)24)23-21(25)16-7-5-15(6-8-16)13(2)22/h5-8,10-12,14,20,22,24H,3-4,9H2,1-2H3,(H,23,25). The van der Waals surface area contributed by atoms with Crippen LogP contribution in [-0.4, -0.2) is 16.7 Å². The first-order chi connectivity index (χ1) is 12.0. The van der Waals surface area contributed by atoms with Gasteiger partial charge < -0.3 is 15.8 Å². The molecule has 1 aliphatic rings. The van der Waals surface area contributed by atoms with Crippen molar-refractivity contribution >= 4 is 17.3 Å². The molecule has 0 radical (unpaired) electrons. The fraction of sp³-hybridized carbons (Fsp3) is 0.333. The lowest BCUT2D eigenvalue weighted by molar-refractivity contribution is 0.0914. The van der Waals surface area contributed by atoms with E-state index < -0.39 is 6.10 Å². The van der Waals surface area contributed by atoms with Crippen LogP contribution in [0.3, 0.4) is 0 Å². The van der Waals surface area contributed by atoms with Crippen LogP contribution in [0.4, 0.5) is 5.69 Å². The number of aliphatic hydroxyl groups excluding tert-OH is 1. The van der Waals surface area contributed by atoms with Crippen molar-refractivity contribution in [2.45, 2.75) is 39.2 Å². The Bertz CT molecular complexity index is 796. The summed E-state index contributed by atoms with van der Waals surface area (Å²) in [5, 5.41) is 21.0. The predicted octanol–water partition coefficient (Wildman–Crippen LogP) is 4.33. The van der Waals surface area contributed by atoms with Gasteiger partial charge in [0.05, 0.1) is 6.10 Å². The van der Waals surface area contributed by atoms with Crippen molar-refractivity contribution in [3.05, 3.63) is 64.7 Å². The highest BCUT2D eigenvalue weighted by Crippen LogP contribution is 2.37. The van der Waals surface area contributed by atoms with Crippen molar-refractivity contribution in [3.8, 4) is 0 Å². The molecule has 0 heterocycles. The molecule has 2 aromatic rings. The van der Waals surface area contributed by atoms with Gasteiger partial charge in [0.15, 0.2) is 0 Å². The van der Waals surface area contributed by atoms with Crippen LogP contribution in [0.2, 0.25) is 0 Å². The zero-order chi connectivity index (χ0) is 18.0. The van der Waals surface area contributed by atoms with Crippen molar-refractivity contribution in [2.75, 3.05) is 5.32 Å². The molecule has 0 spiro atoms. The summed E-state index contributed by atoms with van der Waals surface area (Å²) in [6.07, 6.45) is 2.48. The lowest BCUT2D eigenvalue weighted by Gasteiger charge is -2.29. The van der Waals surface area contributed by atoms with E-state index in [1.165, 1.54) is 0 Å². The van der Waals surface area contributed by atoms with E-state index in [2.05, 4.69) is 12.2 Å². The molecule has 1 amide bonds. The van der Waals surface area contributed by atoms with E-state index in [0.717, 1.165) is 41.6 Å². The number of carbonyl (C=O) groups excluding carboxylic acids is 1. The maximum absolute atomic E-state index is 12.4. The smallest absolute Gasteiger partial charge is 0.255 e. The molecular formula is C21H24N2O2. The highest BCUT2D eigenvalue weighted by Gasteiger charge is 2.26. The lowest BCUT2D eigenvalue weighted by atomic mass is 9.80. The fourth-order valence-corrected chi connectivity index (χ4v) is 3.44. The Balaban J connectivity index is 1.75. The Kier molecular flexibility index (Phi) is 5.00. The zero-order valence-electron chi connectivity index (χ0n) is 14.7. The maximum atomic E-state index is 12.4. The minimum absolute atomic E-state index is 0.170. The SMILES string of the molecule is CCC1CCc2cc(NC(=O)c3ccc(C(C)=N)cc3)ccc2C1O. The lowest BCUT2D eigenvalue weighted by Crippen LogP contribution is -2.20. The number of hydrogen-bond acceptors (Lipinski definition) is 3. The van der Waals surface area contributed by atoms with Crippen LogP contribution >= 0.6 is 0 Å². The van der Waals surface area contributed by atoms with Crippen LogP contribution < -0.4 is 5.32 Å². The number of carbonyl (C=O) groups is 1. The van der Waals surface area contributed by atoms with Crippen molar-refractivity contribution in [3.63, 3.8) is 0 Å². The van der Waals surface area contributed by atoms with Gasteiger partial charge in [-0.25, -0.2) is 0 Å². The van der Waals surface area contributed by atoms with Gasteiger partial charge in [-0.3, -0.25) is 4.79 Å². The van der Waals surface area contributed by atoms with E-state index in [4.69, 9.17) is 5.41 Å². The summed E-state index contributed by atoms with van der Waals surface area (Å²) in [6, 6.07) is 12.8. The normalized spacial score (nSPS) is 19.2. The van der Waals surface area contributed by atoms with Crippen molar-refractivity contribution < 1.29 is 9.90 Å². The molecule has 2 aromatic carbocycles. The van der Waals surface area contributed by atoms with Crippen LogP contribution in [0.25, 0.3) is 0 Å². The third-order valence-electron chi connectivity index (χ3n) is 5.05. The van der Waals surface area contributed by atoms with Gasteiger partial charge in [0.1, 0.15) is 0 Å². The highest BCUT2D eigenvalue weighted by atomic mass is 16.3. The van der Waals surface area contributed by atoms with Gasteiger partial charge in [-0.2, -0.15) is 0 Å². The van der Waals surface area contributed by atoms with Crippen LogP contribution in [0.15, 0.2) is 42.5 Å². The molecule has 0 bridgehead atoms. The zero-order valence-corrected chi connectivity index (χ0v) is 14.7. The number of hydrogen-bond donors (Lipinski definition) is 3. The largest absolute Gasteiger partial charge is 0.388 e. The van der Waals surface area contributed by atoms with Gasteiger partial charge in [0.2, 0.25) is 0 Å². The molecule has 3 N–H and O–H groups in total. The number of aryl methyl sites for hydroxylation is 1. The molecule has 2 atom stereocenters. The summed E-state index contributed by atoms with van der Waals surface area (Å²) in [5.74, 6) is 0.153. The summed E-state index contributed by atoms with van der Waals surface area (Å²) in [4.78, 5) is 12.4. The third kappa shape index (κ3) is 3.64. The summed E-state index contributed by atoms with van der Waals surface area (Å²) < 4.78 is 0. The molecule has 0 fully saturated rings. The fourth-order valence-electron chi connectivity index (χ4n) is 3.44. The molecule has 130 valence electrons. The molecule has 4 heteroatoms. The Hall–Kier alpha value is -2.46. The van der Waals surface area contributed by atoms with Crippen molar-refractivity contribution in [2.24, 2.45) is 5.92 Å². The topological polar surface area (TPSA) is 73.2 Å². The molecule has 4 nitrogen and oxygen atoms in total.